The first-order valence-electron chi connectivity index (χ1n) is 10.2. The third kappa shape index (κ3) is 3.90. The van der Waals surface area contributed by atoms with Crippen molar-refractivity contribution in [3.05, 3.63) is 53.1 Å². The van der Waals surface area contributed by atoms with Crippen molar-refractivity contribution in [1.29, 1.82) is 0 Å². The number of thioether (sulfide) groups is 1. The minimum Gasteiger partial charge on any atom is -0.454 e. The van der Waals surface area contributed by atoms with Gasteiger partial charge in [-0.2, -0.15) is 0 Å². The molecule has 0 bridgehead atoms. The highest BCUT2D eigenvalue weighted by atomic mass is 32.2. The number of ether oxygens (including phenoxy) is 2. The number of carbonyl (C=O) groups is 1. The van der Waals surface area contributed by atoms with E-state index in [9.17, 15) is 4.79 Å². The Kier molecular flexibility index (Phi) is 5.63. The van der Waals surface area contributed by atoms with E-state index in [1.54, 1.807) is 11.8 Å². The Morgan fingerprint density at radius 1 is 1.07 bits per heavy atom. The minimum absolute atomic E-state index is 0.0294. The molecule has 5 nitrogen and oxygen atoms in total. The Morgan fingerprint density at radius 2 is 1.76 bits per heavy atom. The summed E-state index contributed by atoms with van der Waals surface area (Å²) >= 11 is 1.78. The van der Waals surface area contributed by atoms with Gasteiger partial charge in [-0.15, -0.1) is 11.8 Å². The third-order valence-corrected chi connectivity index (χ3v) is 6.70. The lowest BCUT2D eigenvalue weighted by Gasteiger charge is -2.27. The smallest absolute Gasteiger partial charge is 0.323 e. The molecule has 1 atom stereocenters. The molecule has 1 unspecified atom stereocenters. The van der Waals surface area contributed by atoms with Crippen molar-refractivity contribution in [3.8, 4) is 11.5 Å². The monoisotopic (exact) mass is 412 g/mol. The van der Waals surface area contributed by atoms with Crippen LogP contribution in [0, 0.1) is 0 Å². The molecule has 2 amide bonds. The highest BCUT2D eigenvalue weighted by Gasteiger charge is 2.32. The van der Waals surface area contributed by atoms with Gasteiger partial charge in [-0.3, -0.25) is 0 Å². The van der Waals surface area contributed by atoms with Crippen molar-refractivity contribution in [1.82, 2.24) is 4.90 Å². The Hall–Kier alpha value is -2.34. The molecule has 0 radical (unpaired) electrons. The van der Waals surface area contributed by atoms with Crippen LogP contribution in [0.15, 0.2) is 36.4 Å². The molecule has 2 aliphatic heterocycles. The Labute approximate surface area is 176 Å². The molecule has 1 fully saturated rings. The largest absolute Gasteiger partial charge is 0.454 e. The maximum absolute atomic E-state index is 13.3. The second-order valence-electron chi connectivity index (χ2n) is 8.08. The fourth-order valence-corrected chi connectivity index (χ4v) is 5.14. The molecule has 2 aromatic carbocycles. The van der Waals surface area contributed by atoms with Crippen LogP contribution in [-0.4, -0.2) is 30.0 Å². The van der Waals surface area contributed by atoms with E-state index in [0.29, 0.717) is 11.8 Å². The minimum atomic E-state index is -0.0485. The van der Waals surface area contributed by atoms with Crippen LogP contribution in [0.3, 0.4) is 0 Å². The summed E-state index contributed by atoms with van der Waals surface area (Å²) in [7, 11) is 0. The lowest BCUT2D eigenvalue weighted by Crippen LogP contribution is -2.35. The normalized spacial score (nSPS) is 18.0. The summed E-state index contributed by atoms with van der Waals surface area (Å²) in [5, 5.41) is 3.22. The molecule has 0 spiro atoms. The third-order valence-electron chi connectivity index (χ3n) is 5.44. The van der Waals surface area contributed by atoms with E-state index in [0.717, 1.165) is 35.0 Å². The van der Waals surface area contributed by atoms with Crippen molar-refractivity contribution in [2.75, 3.05) is 24.4 Å². The number of rotatable bonds is 4. The summed E-state index contributed by atoms with van der Waals surface area (Å²) in [5.74, 6) is 3.10. The van der Waals surface area contributed by atoms with Crippen LogP contribution in [0.1, 0.15) is 61.6 Å². The summed E-state index contributed by atoms with van der Waals surface area (Å²) in [6.45, 7) is 9.63. The molecule has 2 aromatic rings. The maximum Gasteiger partial charge on any atom is 0.323 e. The Bertz CT molecular complexity index is 887. The molecule has 2 heterocycles. The van der Waals surface area contributed by atoms with Crippen molar-refractivity contribution in [2.24, 2.45) is 0 Å². The number of para-hydroxylation sites is 1. The molecule has 29 heavy (non-hydrogen) atoms. The summed E-state index contributed by atoms with van der Waals surface area (Å²) in [5.41, 5.74) is 4.38. The zero-order valence-corrected chi connectivity index (χ0v) is 18.2. The lowest BCUT2D eigenvalue weighted by molar-refractivity contribution is 0.174. The molecule has 1 saturated heterocycles. The van der Waals surface area contributed by atoms with E-state index < -0.39 is 0 Å². The first kappa shape index (κ1) is 20.0. The molecule has 1 N–H and O–H groups in total. The van der Waals surface area contributed by atoms with Crippen molar-refractivity contribution in [3.63, 3.8) is 0 Å². The molecule has 0 aromatic heterocycles. The van der Waals surface area contributed by atoms with Crippen LogP contribution in [0.2, 0.25) is 0 Å². The lowest BCUT2D eigenvalue weighted by atomic mass is 9.93. The van der Waals surface area contributed by atoms with Gasteiger partial charge in [0.1, 0.15) is 5.37 Å². The first-order chi connectivity index (χ1) is 14.0. The van der Waals surface area contributed by atoms with E-state index in [4.69, 9.17) is 9.47 Å². The quantitative estimate of drug-likeness (QED) is 0.675. The highest BCUT2D eigenvalue weighted by molar-refractivity contribution is 7.99. The van der Waals surface area contributed by atoms with Gasteiger partial charge in [0.05, 0.1) is 0 Å². The standard InChI is InChI=1S/C23H28N2O3S/c1-14(2)17-6-5-7-18(15(3)4)21(17)24-23(26)25-10-11-29-22(25)16-8-9-19-20(12-16)28-13-27-19/h5-9,12,14-15,22H,10-11,13H2,1-4H3,(H,24,26). The SMILES string of the molecule is CC(C)c1cccc(C(C)C)c1NC(=O)N1CCSC1c1ccc2c(c1)OCO2. The van der Waals surface area contributed by atoms with E-state index in [1.807, 2.05) is 23.1 Å². The molecule has 154 valence electrons. The van der Waals surface area contributed by atoms with Gasteiger partial charge >= 0.3 is 6.03 Å². The molecular formula is C23H28N2O3S. The Morgan fingerprint density at radius 3 is 2.45 bits per heavy atom. The second kappa shape index (κ2) is 8.19. The van der Waals surface area contributed by atoms with E-state index in [1.165, 1.54) is 11.1 Å². The summed E-state index contributed by atoms with van der Waals surface area (Å²) in [4.78, 5) is 15.2. The number of benzene rings is 2. The molecule has 4 rings (SSSR count). The van der Waals surface area contributed by atoms with Gasteiger partial charge in [-0.1, -0.05) is 52.0 Å². The predicted molar refractivity (Wildman–Crippen MR) is 118 cm³/mol. The van der Waals surface area contributed by atoms with Gasteiger partial charge < -0.3 is 19.7 Å². The highest BCUT2D eigenvalue weighted by Crippen LogP contribution is 2.43. The number of nitrogens with zero attached hydrogens (tertiary/aromatic N) is 1. The number of amides is 2. The zero-order valence-electron chi connectivity index (χ0n) is 17.4. The van der Waals surface area contributed by atoms with Crippen LogP contribution in [-0.2, 0) is 0 Å². The number of hydrogen-bond donors (Lipinski definition) is 1. The maximum atomic E-state index is 13.3. The fraction of sp³-hybridized carbons (Fsp3) is 0.435. The number of urea groups is 1. The summed E-state index contributed by atoms with van der Waals surface area (Å²) in [6.07, 6.45) is 0. The van der Waals surface area contributed by atoms with E-state index in [2.05, 4.69) is 51.2 Å². The molecule has 0 saturated carbocycles. The van der Waals surface area contributed by atoms with Gasteiger partial charge in [0.15, 0.2) is 11.5 Å². The van der Waals surface area contributed by atoms with Crippen LogP contribution < -0.4 is 14.8 Å². The number of nitrogens with one attached hydrogen (secondary N) is 1. The molecule has 6 heteroatoms. The molecule has 2 aliphatic rings. The molecule has 0 aliphatic carbocycles. The van der Waals surface area contributed by atoms with Crippen molar-refractivity contribution < 1.29 is 14.3 Å². The topological polar surface area (TPSA) is 50.8 Å². The fourth-order valence-electron chi connectivity index (χ4n) is 3.89. The zero-order chi connectivity index (χ0) is 20.5. The van der Waals surface area contributed by atoms with Gasteiger partial charge in [0.2, 0.25) is 6.79 Å². The van der Waals surface area contributed by atoms with Crippen LogP contribution >= 0.6 is 11.8 Å². The average Bonchev–Trinajstić information content (AvgIpc) is 3.36. The number of anilines is 1. The average molecular weight is 413 g/mol. The van der Waals surface area contributed by atoms with Gasteiger partial charge in [0, 0.05) is 18.0 Å². The number of hydrogen-bond acceptors (Lipinski definition) is 4. The van der Waals surface area contributed by atoms with E-state index >= 15 is 0 Å². The van der Waals surface area contributed by atoms with Gasteiger partial charge in [-0.25, -0.2) is 4.79 Å². The van der Waals surface area contributed by atoms with Crippen molar-refractivity contribution >= 4 is 23.5 Å². The van der Waals surface area contributed by atoms with Crippen LogP contribution in [0.5, 0.6) is 11.5 Å². The number of carbonyl (C=O) groups excluding carboxylic acids is 1. The van der Waals surface area contributed by atoms with E-state index in [-0.39, 0.29) is 18.2 Å². The first-order valence-corrected chi connectivity index (χ1v) is 11.2. The summed E-state index contributed by atoms with van der Waals surface area (Å²) in [6, 6.07) is 12.2. The second-order valence-corrected chi connectivity index (χ2v) is 9.27. The van der Waals surface area contributed by atoms with Gasteiger partial charge in [-0.05, 0) is 40.7 Å². The summed E-state index contributed by atoms with van der Waals surface area (Å²) < 4.78 is 10.9. The van der Waals surface area contributed by atoms with Crippen LogP contribution in [0.25, 0.3) is 0 Å². The number of fused-ring (bicyclic) bond motifs is 1. The van der Waals surface area contributed by atoms with Crippen molar-refractivity contribution in [2.45, 2.75) is 44.9 Å². The molecular weight excluding hydrogens is 384 g/mol. The Balaban J connectivity index is 1.60. The predicted octanol–water partition coefficient (Wildman–Crippen LogP) is 5.94. The van der Waals surface area contributed by atoms with Gasteiger partial charge in [0.25, 0.3) is 0 Å². The van der Waals surface area contributed by atoms with Crippen LogP contribution in [0.4, 0.5) is 10.5 Å².